The summed E-state index contributed by atoms with van der Waals surface area (Å²) in [5.41, 5.74) is 6.85. The lowest BCUT2D eigenvalue weighted by Gasteiger charge is -2.36. The number of benzene rings is 2. The number of amides is 2. The number of rotatable bonds is 4. The lowest BCUT2D eigenvalue weighted by Crippen LogP contribution is -2.49. The van der Waals surface area contributed by atoms with Crippen LogP contribution in [0.2, 0.25) is 0 Å². The number of anilines is 1. The predicted octanol–water partition coefficient (Wildman–Crippen LogP) is 2.78. The maximum atomic E-state index is 12.9. The molecule has 0 radical (unpaired) electrons. The van der Waals surface area contributed by atoms with Gasteiger partial charge in [0.25, 0.3) is 11.8 Å². The monoisotopic (exact) mass is 408 g/mol. The van der Waals surface area contributed by atoms with Gasteiger partial charge in [0.05, 0.1) is 15.7 Å². The van der Waals surface area contributed by atoms with Gasteiger partial charge in [0.2, 0.25) is 0 Å². The van der Waals surface area contributed by atoms with Crippen LogP contribution >= 0.6 is 11.3 Å². The van der Waals surface area contributed by atoms with Crippen LogP contribution in [0.4, 0.5) is 5.69 Å². The summed E-state index contributed by atoms with van der Waals surface area (Å²) in [4.78, 5) is 32.5. The first kappa shape index (κ1) is 19.1. The van der Waals surface area contributed by atoms with Gasteiger partial charge in [-0.05, 0) is 35.9 Å². The fourth-order valence-electron chi connectivity index (χ4n) is 3.44. The van der Waals surface area contributed by atoms with Crippen LogP contribution in [0.25, 0.3) is 16.3 Å². The zero-order chi connectivity index (χ0) is 20.2. The van der Waals surface area contributed by atoms with Crippen LogP contribution in [0.15, 0.2) is 54.1 Å². The minimum absolute atomic E-state index is 0.0350. The van der Waals surface area contributed by atoms with Gasteiger partial charge in [0.15, 0.2) is 0 Å². The van der Waals surface area contributed by atoms with Crippen molar-refractivity contribution in [1.82, 2.24) is 15.4 Å². The first-order valence-corrected chi connectivity index (χ1v) is 10.1. The van der Waals surface area contributed by atoms with Crippen molar-refractivity contribution in [3.05, 3.63) is 65.2 Å². The van der Waals surface area contributed by atoms with Crippen molar-refractivity contribution in [3.63, 3.8) is 0 Å². The van der Waals surface area contributed by atoms with Gasteiger partial charge in [-0.1, -0.05) is 18.2 Å². The summed E-state index contributed by atoms with van der Waals surface area (Å²) >= 11 is 1.53. The molecule has 1 saturated heterocycles. The van der Waals surface area contributed by atoms with Crippen molar-refractivity contribution >= 4 is 45.1 Å². The summed E-state index contributed by atoms with van der Waals surface area (Å²) in [5.74, 6) is -0.541. The quantitative estimate of drug-likeness (QED) is 0.394. The van der Waals surface area contributed by atoms with Crippen molar-refractivity contribution in [1.29, 1.82) is 0 Å². The molecule has 148 valence electrons. The maximum Gasteiger partial charge on any atom is 0.267 e. The summed E-state index contributed by atoms with van der Waals surface area (Å²) in [6, 6.07) is 13.4. The Hall–Kier alpha value is -3.23. The van der Waals surface area contributed by atoms with Crippen molar-refractivity contribution in [2.24, 2.45) is 0 Å². The first-order chi connectivity index (χ1) is 14.2. The zero-order valence-corrected chi connectivity index (χ0v) is 16.4. The van der Waals surface area contributed by atoms with E-state index in [4.69, 9.17) is 5.21 Å². The first-order valence-electron chi connectivity index (χ1n) is 9.24. The third kappa shape index (κ3) is 4.13. The van der Waals surface area contributed by atoms with Crippen LogP contribution in [0.1, 0.15) is 15.9 Å². The molecule has 0 unspecified atom stereocenters. The molecule has 0 spiro atoms. The Labute approximate surface area is 171 Å². The number of hydrogen-bond donors (Lipinski definition) is 2. The van der Waals surface area contributed by atoms with Crippen LogP contribution in [0.5, 0.6) is 0 Å². The smallest absolute Gasteiger partial charge is 0.267 e. The van der Waals surface area contributed by atoms with Crippen LogP contribution in [-0.4, -0.2) is 53.1 Å². The highest BCUT2D eigenvalue weighted by molar-refractivity contribution is 7.16. The fourth-order valence-corrected chi connectivity index (χ4v) is 4.16. The number of para-hydroxylation sites is 1. The molecular formula is C21H20N4O3S. The van der Waals surface area contributed by atoms with Crippen LogP contribution < -0.4 is 10.4 Å². The van der Waals surface area contributed by atoms with Gasteiger partial charge in [-0.3, -0.25) is 14.8 Å². The Morgan fingerprint density at radius 3 is 2.69 bits per heavy atom. The summed E-state index contributed by atoms with van der Waals surface area (Å²) in [7, 11) is 0. The van der Waals surface area contributed by atoms with Crippen molar-refractivity contribution < 1.29 is 14.8 Å². The Kier molecular flexibility index (Phi) is 5.55. The number of nitrogens with zero attached hydrogens (tertiary/aromatic N) is 3. The van der Waals surface area contributed by atoms with E-state index in [0.29, 0.717) is 31.7 Å². The van der Waals surface area contributed by atoms with Crippen molar-refractivity contribution in [3.8, 4) is 0 Å². The van der Waals surface area contributed by atoms with E-state index in [1.54, 1.807) is 17.1 Å². The van der Waals surface area contributed by atoms with Gasteiger partial charge >= 0.3 is 0 Å². The summed E-state index contributed by atoms with van der Waals surface area (Å²) < 4.78 is 1.02. The van der Waals surface area contributed by atoms with E-state index in [-0.39, 0.29) is 5.91 Å². The fraction of sp³-hybridized carbons (Fsp3) is 0.190. The van der Waals surface area contributed by atoms with Crippen molar-refractivity contribution in [2.45, 2.75) is 0 Å². The predicted molar refractivity (Wildman–Crippen MR) is 113 cm³/mol. The standard InChI is InChI=1S/C21H20N4O3S/c26-20(23-28)8-6-15-3-1-2-4-18(15)24-9-11-25(12-10-24)21(27)16-5-7-17-19(13-16)29-14-22-17/h1-8,13-14,28H,9-12H2,(H,23,26). The molecule has 1 fully saturated rings. The Morgan fingerprint density at radius 2 is 1.90 bits per heavy atom. The molecule has 2 aromatic carbocycles. The number of carbonyl (C=O) groups is 2. The molecule has 3 aromatic rings. The van der Waals surface area contributed by atoms with Crippen LogP contribution in [0, 0.1) is 0 Å². The van der Waals surface area contributed by atoms with Crippen molar-refractivity contribution in [2.75, 3.05) is 31.1 Å². The molecule has 2 N–H and O–H groups in total. The number of nitrogens with one attached hydrogen (secondary N) is 1. The summed E-state index contributed by atoms with van der Waals surface area (Å²) in [5, 5.41) is 8.65. The molecule has 1 aliphatic rings. The number of fused-ring (bicyclic) bond motifs is 1. The molecular weight excluding hydrogens is 388 g/mol. The number of carbonyl (C=O) groups excluding carboxylic acids is 2. The van der Waals surface area contributed by atoms with E-state index < -0.39 is 5.91 Å². The Bertz CT molecular complexity index is 1070. The third-order valence-corrected chi connectivity index (χ3v) is 5.74. The van der Waals surface area contributed by atoms with Gasteiger partial charge in [-0.2, -0.15) is 0 Å². The molecule has 8 heteroatoms. The second-order valence-corrected chi connectivity index (χ2v) is 7.57. The lowest BCUT2D eigenvalue weighted by atomic mass is 10.1. The second kappa shape index (κ2) is 8.42. The Balaban J connectivity index is 1.45. The molecule has 0 atom stereocenters. The minimum Gasteiger partial charge on any atom is -0.367 e. The molecule has 1 aromatic heterocycles. The zero-order valence-electron chi connectivity index (χ0n) is 15.6. The molecule has 0 aliphatic carbocycles. The van der Waals surface area contributed by atoms with E-state index in [0.717, 1.165) is 21.5 Å². The normalized spacial score (nSPS) is 14.5. The number of aromatic nitrogens is 1. The Morgan fingerprint density at radius 1 is 1.10 bits per heavy atom. The second-order valence-electron chi connectivity index (χ2n) is 6.68. The SMILES string of the molecule is O=C(C=Cc1ccccc1N1CCN(C(=O)c2ccc3ncsc3c2)CC1)NO. The van der Waals surface area contributed by atoms with Crippen LogP contribution in [0.3, 0.4) is 0 Å². The van der Waals surface area contributed by atoms with Crippen LogP contribution in [-0.2, 0) is 4.79 Å². The van der Waals surface area contributed by atoms with E-state index in [1.807, 2.05) is 47.4 Å². The molecule has 2 amide bonds. The topological polar surface area (TPSA) is 85.8 Å². The van der Waals surface area contributed by atoms with Gasteiger partial charge in [0, 0.05) is 43.5 Å². The van der Waals surface area contributed by atoms with Gasteiger partial charge in [-0.15, -0.1) is 11.3 Å². The average Bonchev–Trinajstić information content (AvgIpc) is 3.25. The molecule has 0 bridgehead atoms. The van der Waals surface area contributed by atoms with Gasteiger partial charge in [0.1, 0.15) is 0 Å². The van der Waals surface area contributed by atoms with E-state index >= 15 is 0 Å². The lowest BCUT2D eigenvalue weighted by molar-refractivity contribution is -0.124. The highest BCUT2D eigenvalue weighted by atomic mass is 32.1. The molecule has 1 aliphatic heterocycles. The highest BCUT2D eigenvalue weighted by Gasteiger charge is 2.23. The molecule has 7 nitrogen and oxygen atoms in total. The molecule has 4 rings (SSSR count). The molecule has 0 saturated carbocycles. The number of hydrogen-bond acceptors (Lipinski definition) is 6. The highest BCUT2D eigenvalue weighted by Crippen LogP contribution is 2.24. The number of piperazine rings is 1. The average molecular weight is 408 g/mol. The maximum absolute atomic E-state index is 12.9. The summed E-state index contributed by atoms with van der Waals surface area (Å²) in [6.45, 7) is 2.64. The van der Waals surface area contributed by atoms with E-state index in [9.17, 15) is 9.59 Å². The summed E-state index contributed by atoms with van der Waals surface area (Å²) in [6.07, 6.45) is 2.96. The molecule has 29 heavy (non-hydrogen) atoms. The largest absolute Gasteiger partial charge is 0.367 e. The number of hydroxylamine groups is 1. The third-order valence-electron chi connectivity index (χ3n) is 4.95. The van der Waals surface area contributed by atoms with Gasteiger partial charge < -0.3 is 9.80 Å². The van der Waals surface area contributed by atoms with E-state index in [1.165, 1.54) is 17.4 Å². The minimum atomic E-state index is -0.576. The van der Waals surface area contributed by atoms with Gasteiger partial charge in [-0.25, -0.2) is 10.5 Å². The number of thiazole rings is 1. The molecule has 2 heterocycles. The van der Waals surface area contributed by atoms with E-state index in [2.05, 4.69) is 9.88 Å².